The van der Waals surface area contributed by atoms with Crippen LogP contribution in [0.3, 0.4) is 0 Å². The maximum atomic E-state index is 14.2. The molecule has 1 aromatic carbocycles. The number of aromatic nitrogens is 2. The van der Waals surface area contributed by atoms with Gasteiger partial charge < -0.3 is 30.6 Å². The molecule has 1 saturated heterocycles. The number of para-hydroxylation sites is 1. The van der Waals surface area contributed by atoms with Gasteiger partial charge in [-0.3, -0.25) is 13.9 Å². The van der Waals surface area contributed by atoms with Crippen molar-refractivity contribution in [3.8, 4) is 5.75 Å². The zero-order valence-corrected chi connectivity index (χ0v) is 22.6. The summed E-state index contributed by atoms with van der Waals surface area (Å²) in [5.41, 5.74) is 8.03. The maximum Gasteiger partial charge on any atom is 0.459 e. The van der Waals surface area contributed by atoms with Crippen molar-refractivity contribution >= 4 is 19.5 Å². The van der Waals surface area contributed by atoms with Crippen molar-refractivity contribution in [1.29, 1.82) is 0 Å². The predicted molar refractivity (Wildman–Crippen MR) is 135 cm³/mol. The highest BCUT2D eigenvalue weighted by atomic mass is 31.2. The van der Waals surface area contributed by atoms with Gasteiger partial charge in [0.15, 0.2) is 17.9 Å². The molecule has 1 aliphatic heterocycles. The summed E-state index contributed by atoms with van der Waals surface area (Å²) in [4.78, 5) is 28.1. The van der Waals surface area contributed by atoms with Crippen molar-refractivity contribution in [2.24, 2.45) is 5.73 Å². The number of ether oxygens (including phenoxy) is 2. The van der Waals surface area contributed by atoms with Crippen LogP contribution in [0.1, 0.15) is 33.9 Å². The van der Waals surface area contributed by atoms with E-state index in [1.807, 2.05) is 0 Å². The van der Waals surface area contributed by atoms with Crippen LogP contribution in [0, 0.1) is 5.82 Å². The summed E-state index contributed by atoms with van der Waals surface area (Å²) in [5.74, 6) is -2.43. The lowest BCUT2D eigenvalue weighted by Crippen LogP contribution is -2.58. The highest BCUT2D eigenvalue weighted by molar-refractivity contribution is 7.52. The molecule has 13 nitrogen and oxygen atoms in total. The van der Waals surface area contributed by atoms with Crippen LogP contribution in [0.25, 0.3) is 0 Å². The second-order valence-corrected chi connectivity index (χ2v) is 11.0. The monoisotopic (exact) mass is 575 g/mol. The van der Waals surface area contributed by atoms with E-state index in [1.165, 1.54) is 26.0 Å². The summed E-state index contributed by atoms with van der Waals surface area (Å²) >= 11 is 0. The van der Waals surface area contributed by atoms with Crippen LogP contribution in [-0.2, 0) is 23.4 Å². The van der Waals surface area contributed by atoms with E-state index < -0.39 is 79.9 Å². The largest absolute Gasteiger partial charge is 0.462 e. The van der Waals surface area contributed by atoms with Crippen molar-refractivity contribution in [1.82, 2.24) is 14.6 Å². The van der Waals surface area contributed by atoms with Gasteiger partial charge in [-0.1, -0.05) is 18.2 Å². The standard InChI is InChI=1S/C23H32F2N5O8P/c1-12(2)35-20(32)13(3)29-39(34,38-15-8-6-5-7-9-15)37-14(4)17-18(31)23(27,11-24)21(36-17)30-10-16(25)19(26)28-22(30)33/h5-10,12-14,17-18,21,31H,11,27H2,1-4H3,(H,29,34)(H2,26,28,33)/t13-,14+,17+,18?,21+,23+,39+/m0/s1. The Bertz CT molecular complexity index is 1270. The van der Waals surface area contributed by atoms with E-state index in [0.29, 0.717) is 10.8 Å². The Morgan fingerprint density at radius 1 is 1.31 bits per heavy atom. The molecular formula is C23H32F2N5O8P. The molecular weight excluding hydrogens is 543 g/mol. The molecule has 16 heteroatoms. The van der Waals surface area contributed by atoms with Crippen LogP contribution in [0.5, 0.6) is 5.75 Å². The number of esters is 1. The van der Waals surface area contributed by atoms with Crippen molar-refractivity contribution in [2.75, 3.05) is 12.4 Å². The second kappa shape index (κ2) is 12.1. The van der Waals surface area contributed by atoms with Crippen LogP contribution in [0.15, 0.2) is 41.3 Å². The Balaban J connectivity index is 1.91. The molecule has 0 spiro atoms. The number of anilines is 1. The number of carbonyl (C=O) groups excluding carboxylic acids is 1. The molecule has 1 aromatic heterocycles. The molecule has 0 radical (unpaired) electrons. The Labute approximate surface area is 223 Å². The first kappa shape index (κ1) is 30.6. The number of halogens is 2. The van der Waals surface area contributed by atoms with Crippen molar-refractivity contribution < 1.29 is 41.8 Å². The topological polar surface area (TPSA) is 190 Å². The predicted octanol–water partition coefficient (Wildman–Crippen LogP) is 1.41. The fraction of sp³-hybridized carbons (Fsp3) is 0.522. The molecule has 1 unspecified atom stereocenters. The molecule has 3 rings (SSSR count). The van der Waals surface area contributed by atoms with Crippen LogP contribution in [0.2, 0.25) is 0 Å². The van der Waals surface area contributed by atoms with E-state index >= 15 is 0 Å². The smallest absolute Gasteiger partial charge is 0.459 e. The third-order valence-corrected chi connectivity index (χ3v) is 7.58. The molecule has 0 bridgehead atoms. The Kier molecular flexibility index (Phi) is 9.47. The molecule has 7 atom stereocenters. The number of hydrogen-bond acceptors (Lipinski definition) is 11. The molecule has 0 amide bonds. The Hall–Kier alpha value is -2.94. The average Bonchev–Trinajstić information content (AvgIpc) is 3.12. The third kappa shape index (κ3) is 6.80. The second-order valence-electron chi connectivity index (χ2n) is 9.36. The minimum atomic E-state index is -4.43. The summed E-state index contributed by atoms with van der Waals surface area (Å²) in [6, 6.07) is 6.71. The Morgan fingerprint density at radius 3 is 2.54 bits per heavy atom. The molecule has 0 aliphatic carbocycles. The third-order valence-electron chi connectivity index (χ3n) is 5.82. The number of nitrogens with two attached hydrogens (primary N) is 2. The summed E-state index contributed by atoms with van der Waals surface area (Å²) in [7, 11) is -4.43. The molecule has 0 saturated carbocycles. The maximum absolute atomic E-state index is 14.2. The molecule has 1 fully saturated rings. The van der Waals surface area contributed by atoms with Crippen molar-refractivity contribution in [2.45, 2.75) is 69.9 Å². The van der Waals surface area contributed by atoms with E-state index in [1.54, 1.807) is 32.0 Å². The number of nitrogens with zero attached hydrogens (tertiary/aromatic N) is 2. The number of nitrogen functional groups attached to an aromatic ring is 1. The number of benzene rings is 1. The lowest BCUT2D eigenvalue weighted by Gasteiger charge is -2.31. The zero-order chi connectivity index (χ0) is 29.1. The first-order valence-electron chi connectivity index (χ1n) is 11.9. The molecule has 1 aliphatic rings. The molecule has 39 heavy (non-hydrogen) atoms. The van der Waals surface area contributed by atoms with Crippen molar-refractivity contribution in [3.05, 3.63) is 52.8 Å². The SMILES string of the molecule is CC(C)OC(=O)[C@H](C)N[P@](=O)(Oc1ccccc1)O[C@H](C)[C@H]1O[C@@H](n2cc(F)c(N)nc2=O)[C@@](N)(CF)C1O. The quantitative estimate of drug-likeness (QED) is 0.223. The van der Waals surface area contributed by atoms with Gasteiger partial charge >= 0.3 is 19.4 Å². The number of aliphatic hydroxyl groups is 1. The van der Waals surface area contributed by atoms with Gasteiger partial charge in [-0.25, -0.2) is 18.1 Å². The summed E-state index contributed by atoms with van der Waals surface area (Å²) in [6.45, 7) is 4.56. The van der Waals surface area contributed by atoms with E-state index in [0.717, 1.165) is 0 Å². The average molecular weight is 576 g/mol. The lowest BCUT2D eigenvalue weighted by atomic mass is 9.91. The van der Waals surface area contributed by atoms with E-state index in [2.05, 4.69) is 10.1 Å². The lowest BCUT2D eigenvalue weighted by molar-refractivity contribution is -0.149. The van der Waals surface area contributed by atoms with Gasteiger partial charge in [0.05, 0.1) is 18.4 Å². The highest BCUT2D eigenvalue weighted by Gasteiger charge is 2.58. The molecule has 2 aromatic rings. The van der Waals surface area contributed by atoms with Gasteiger partial charge in [-0.15, -0.1) is 0 Å². The molecule has 216 valence electrons. The van der Waals surface area contributed by atoms with Gasteiger partial charge in [0.2, 0.25) is 0 Å². The Morgan fingerprint density at radius 2 is 1.95 bits per heavy atom. The fourth-order valence-electron chi connectivity index (χ4n) is 3.87. The zero-order valence-electron chi connectivity index (χ0n) is 21.7. The minimum Gasteiger partial charge on any atom is -0.462 e. The number of rotatable bonds is 11. The number of nitrogens with one attached hydrogen (secondary N) is 1. The molecule has 2 heterocycles. The van der Waals surface area contributed by atoms with Gasteiger partial charge in [0, 0.05) is 0 Å². The summed E-state index contributed by atoms with van der Waals surface area (Å²) < 4.78 is 64.8. The van der Waals surface area contributed by atoms with Crippen LogP contribution < -0.4 is 26.8 Å². The summed E-state index contributed by atoms with van der Waals surface area (Å²) in [6.07, 6.45) is -6.27. The molecule has 6 N–H and O–H groups in total. The van der Waals surface area contributed by atoms with Gasteiger partial charge in [-0.2, -0.15) is 10.1 Å². The number of hydrogen-bond donors (Lipinski definition) is 4. The number of carbonyl (C=O) groups is 1. The first-order valence-corrected chi connectivity index (χ1v) is 13.5. The fourth-order valence-corrected chi connectivity index (χ4v) is 5.56. The van der Waals surface area contributed by atoms with Crippen LogP contribution in [-0.4, -0.2) is 63.3 Å². The van der Waals surface area contributed by atoms with Gasteiger partial charge in [0.1, 0.15) is 36.2 Å². The van der Waals surface area contributed by atoms with E-state index in [9.17, 15) is 28.0 Å². The van der Waals surface area contributed by atoms with Crippen LogP contribution in [0.4, 0.5) is 14.6 Å². The van der Waals surface area contributed by atoms with E-state index in [-0.39, 0.29) is 5.75 Å². The normalized spacial score (nSPS) is 26.1. The van der Waals surface area contributed by atoms with E-state index in [4.69, 9.17) is 30.0 Å². The minimum absolute atomic E-state index is 0.114. The first-order chi connectivity index (χ1) is 18.2. The van der Waals surface area contributed by atoms with Gasteiger partial charge in [-0.05, 0) is 39.8 Å². The van der Waals surface area contributed by atoms with Gasteiger partial charge in [0.25, 0.3) is 0 Å². The van der Waals surface area contributed by atoms with Crippen molar-refractivity contribution in [3.63, 3.8) is 0 Å². The number of alkyl halides is 1. The highest BCUT2D eigenvalue weighted by Crippen LogP contribution is 2.48. The number of aliphatic hydroxyl groups excluding tert-OH is 1. The summed E-state index contributed by atoms with van der Waals surface area (Å²) in [5, 5.41) is 13.4. The van der Waals surface area contributed by atoms with Crippen LogP contribution >= 0.6 is 7.75 Å².